The Morgan fingerprint density at radius 3 is 2.07 bits per heavy atom. The van der Waals surface area contributed by atoms with Gasteiger partial charge < -0.3 is 5.32 Å². The zero-order valence-electron chi connectivity index (χ0n) is 11.0. The molecule has 0 heterocycles. The van der Waals surface area contributed by atoms with E-state index in [2.05, 4.69) is 51.9 Å². The van der Waals surface area contributed by atoms with Crippen LogP contribution in [0.5, 0.6) is 0 Å². The van der Waals surface area contributed by atoms with Crippen molar-refractivity contribution in [2.45, 2.75) is 52.6 Å². The summed E-state index contributed by atoms with van der Waals surface area (Å²) in [5, 5.41) is 3.28. The highest BCUT2D eigenvalue weighted by molar-refractivity contribution is 4.85. The minimum Gasteiger partial charge on any atom is -0.318 e. The highest BCUT2D eigenvalue weighted by atomic mass is 15.2. The Morgan fingerprint density at radius 1 is 1.29 bits per heavy atom. The normalized spacial score (nSPS) is 15.2. The van der Waals surface area contributed by atoms with Crippen LogP contribution in [0.2, 0.25) is 0 Å². The molecule has 0 saturated carbocycles. The number of likely N-dealkylation sites (N-methyl/N-ethyl adjacent to an activating group) is 2. The Labute approximate surface area is 90.1 Å². The topological polar surface area (TPSA) is 15.3 Å². The third-order valence-electron chi connectivity index (χ3n) is 3.50. The van der Waals surface area contributed by atoms with Crippen molar-refractivity contribution < 1.29 is 0 Å². The van der Waals surface area contributed by atoms with Crippen LogP contribution in [-0.4, -0.2) is 37.1 Å². The van der Waals surface area contributed by atoms with Crippen molar-refractivity contribution in [3.05, 3.63) is 0 Å². The lowest BCUT2D eigenvalue weighted by Crippen LogP contribution is -2.52. The van der Waals surface area contributed by atoms with Gasteiger partial charge in [0.05, 0.1) is 0 Å². The SMILES string of the molecule is CCC(C)(C)N(C)C(CNC)C(C)C. The van der Waals surface area contributed by atoms with E-state index in [4.69, 9.17) is 0 Å². The number of nitrogens with zero attached hydrogens (tertiary/aromatic N) is 1. The Hall–Kier alpha value is -0.0800. The van der Waals surface area contributed by atoms with Gasteiger partial charge in [-0.3, -0.25) is 4.90 Å². The smallest absolute Gasteiger partial charge is 0.0245 e. The zero-order valence-corrected chi connectivity index (χ0v) is 11.0. The van der Waals surface area contributed by atoms with Gasteiger partial charge in [-0.25, -0.2) is 0 Å². The van der Waals surface area contributed by atoms with Crippen LogP contribution in [0.15, 0.2) is 0 Å². The fourth-order valence-corrected chi connectivity index (χ4v) is 1.73. The van der Waals surface area contributed by atoms with Crippen LogP contribution in [0.25, 0.3) is 0 Å². The second kappa shape index (κ2) is 5.72. The fourth-order valence-electron chi connectivity index (χ4n) is 1.73. The van der Waals surface area contributed by atoms with Crippen molar-refractivity contribution in [2.24, 2.45) is 5.92 Å². The van der Waals surface area contributed by atoms with E-state index in [0.29, 0.717) is 17.5 Å². The highest BCUT2D eigenvalue weighted by Crippen LogP contribution is 2.22. The molecule has 0 bridgehead atoms. The summed E-state index contributed by atoms with van der Waals surface area (Å²) in [5.74, 6) is 0.693. The number of nitrogens with one attached hydrogen (secondary N) is 1. The standard InChI is InChI=1S/C12H28N2/c1-8-12(4,5)14(7)11(9-13-6)10(2)3/h10-11,13H,8-9H2,1-7H3. The lowest BCUT2D eigenvalue weighted by atomic mass is 9.93. The Kier molecular flexibility index (Phi) is 5.68. The monoisotopic (exact) mass is 200 g/mol. The molecule has 1 unspecified atom stereocenters. The Morgan fingerprint density at radius 2 is 1.79 bits per heavy atom. The average Bonchev–Trinajstić information content (AvgIpc) is 2.12. The molecule has 2 nitrogen and oxygen atoms in total. The van der Waals surface area contributed by atoms with Crippen molar-refractivity contribution in [2.75, 3.05) is 20.6 Å². The van der Waals surface area contributed by atoms with E-state index >= 15 is 0 Å². The van der Waals surface area contributed by atoms with Crippen molar-refractivity contribution in [3.8, 4) is 0 Å². The molecular weight excluding hydrogens is 172 g/mol. The van der Waals surface area contributed by atoms with Gasteiger partial charge in [-0.2, -0.15) is 0 Å². The molecule has 0 aliphatic heterocycles. The van der Waals surface area contributed by atoms with E-state index in [0.717, 1.165) is 6.54 Å². The summed E-state index contributed by atoms with van der Waals surface area (Å²) in [4.78, 5) is 2.51. The predicted octanol–water partition coefficient (Wildman–Crippen LogP) is 2.35. The minimum atomic E-state index is 0.297. The number of hydrogen-bond donors (Lipinski definition) is 1. The molecule has 0 aromatic heterocycles. The molecule has 0 fully saturated rings. The molecule has 0 aromatic carbocycles. The van der Waals surface area contributed by atoms with Crippen molar-refractivity contribution in [3.63, 3.8) is 0 Å². The third-order valence-corrected chi connectivity index (χ3v) is 3.50. The van der Waals surface area contributed by atoms with E-state index < -0.39 is 0 Å². The second-order valence-corrected chi connectivity index (χ2v) is 5.15. The van der Waals surface area contributed by atoms with Gasteiger partial charge in [-0.1, -0.05) is 20.8 Å². The van der Waals surface area contributed by atoms with Crippen molar-refractivity contribution >= 4 is 0 Å². The van der Waals surface area contributed by atoms with Crippen LogP contribution in [0.4, 0.5) is 0 Å². The molecule has 0 aliphatic rings. The zero-order chi connectivity index (χ0) is 11.4. The molecule has 14 heavy (non-hydrogen) atoms. The molecule has 0 radical (unpaired) electrons. The summed E-state index contributed by atoms with van der Waals surface area (Å²) in [6.45, 7) is 12.6. The van der Waals surface area contributed by atoms with E-state index in [-0.39, 0.29) is 0 Å². The summed E-state index contributed by atoms with van der Waals surface area (Å²) >= 11 is 0. The first-order valence-corrected chi connectivity index (χ1v) is 5.74. The van der Waals surface area contributed by atoms with Gasteiger partial charge in [0.1, 0.15) is 0 Å². The van der Waals surface area contributed by atoms with Crippen LogP contribution >= 0.6 is 0 Å². The van der Waals surface area contributed by atoms with Crippen molar-refractivity contribution in [1.82, 2.24) is 10.2 Å². The maximum Gasteiger partial charge on any atom is 0.0245 e. The Balaban J connectivity index is 4.50. The van der Waals surface area contributed by atoms with E-state index in [1.807, 2.05) is 7.05 Å². The quantitative estimate of drug-likeness (QED) is 0.708. The summed E-state index contributed by atoms with van der Waals surface area (Å²) in [6.07, 6.45) is 1.19. The molecule has 0 saturated heterocycles. The molecule has 1 atom stereocenters. The molecule has 0 aliphatic carbocycles. The molecule has 0 amide bonds. The molecule has 0 spiro atoms. The summed E-state index contributed by atoms with van der Waals surface area (Å²) in [5.41, 5.74) is 0.297. The van der Waals surface area contributed by atoms with Crippen molar-refractivity contribution in [1.29, 1.82) is 0 Å². The maximum absolute atomic E-state index is 3.28. The molecule has 0 rings (SSSR count). The first kappa shape index (κ1) is 13.9. The number of rotatable bonds is 6. The third kappa shape index (κ3) is 3.58. The molecule has 2 heteroatoms. The first-order chi connectivity index (χ1) is 6.36. The predicted molar refractivity (Wildman–Crippen MR) is 64.7 cm³/mol. The van der Waals surface area contributed by atoms with Gasteiger partial charge in [-0.05, 0) is 40.3 Å². The van der Waals surface area contributed by atoms with E-state index in [1.165, 1.54) is 6.42 Å². The van der Waals surface area contributed by atoms with Gasteiger partial charge in [0.2, 0.25) is 0 Å². The van der Waals surface area contributed by atoms with Crippen LogP contribution in [0.3, 0.4) is 0 Å². The summed E-state index contributed by atoms with van der Waals surface area (Å²) < 4.78 is 0. The number of hydrogen-bond acceptors (Lipinski definition) is 2. The summed E-state index contributed by atoms with van der Waals surface area (Å²) in [7, 11) is 4.27. The molecular formula is C12H28N2. The summed E-state index contributed by atoms with van der Waals surface area (Å²) in [6, 6.07) is 0.620. The average molecular weight is 200 g/mol. The van der Waals surface area contributed by atoms with E-state index in [1.54, 1.807) is 0 Å². The fraction of sp³-hybridized carbons (Fsp3) is 1.00. The lowest BCUT2D eigenvalue weighted by molar-refractivity contribution is 0.0720. The minimum absolute atomic E-state index is 0.297. The largest absolute Gasteiger partial charge is 0.318 e. The highest BCUT2D eigenvalue weighted by Gasteiger charge is 2.28. The molecule has 1 N–H and O–H groups in total. The van der Waals surface area contributed by atoms with Crippen LogP contribution in [0, 0.1) is 5.92 Å². The van der Waals surface area contributed by atoms with E-state index in [9.17, 15) is 0 Å². The lowest BCUT2D eigenvalue weighted by Gasteiger charge is -2.42. The van der Waals surface area contributed by atoms with Crippen LogP contribution in [0.1, 0.15) is 41.0 Å². The van der Waals surface area contributed by atoms with Gasteiger partial charge in [0, 0.05) is 18.1 Å². The first-order valence-electron chi connectivity index (χ1n) is 5.74. The van der Waals surface area contributed by atoms with Gasteiger partial charge in [0.15, 0.2) is 0 Å². The van der Waals surface area contributed by atoms with Gasteiger partial charge in [0.25, 0.3) is 0 Å². The van der Waals surface area contributed by atoms with Gasteiger partial charge >= 0.3 is 0 Å². The maximum atomic E-state index is 3.28. The molecule has 0 aromatic rings. The Bertz CT molecular complexity index is 152. The molecule has 86 valence electrons. The van der Waals surface area contributed by atoms with Crippen LogP contribution < -0.4 is 5.32 Å². The van der Waals surface area contributed by atoms with Gasteiger partial charge in [-0.15, -0.1) is 0 Å². The van der Waals surface area contributed by atoms with Crippen LogP contribution in [-0.2, 0) is 0 Å². The second-order valence-electron chi connectivity index (χ2n) is 5.15.